The molecular formula is C23H28N2. The molecule has 3 rings (SSSR count). The first-order chi connectivity index (χ1) is 12.2. The standard InChI is InChI=1S/C23H28N2/c1-5-24-23-16-22(17(4)20-10-8-9-11-21(20)23)18-12-14-19(15-13-18)25(6-2)7-3/h8-16,24H,5-7H2,1-4H3. The highest BCUT2D eigenvalue weighted by atomic mass is 15.1. The van der Waals surface area contributed by atoms with Crippen molar-refractivity contribution in [1.82, 2.24) is 0 Å². The second kappa shape index (κ2) is 7.60. The first-order valence-electron chi connectivity index (χ1n) is 9.31. The van der Waals surface area contributed by atoms with Crippen molar-refractivity contribution in [3.63, 3.8) is 0 Å². The van der Waals surface area contributed by atoms with Gasteiger partial charge < -0.3 is 10.2 Å². The van der Waals surface area contributed by atoms with Gasteiger partial charge in [0, 0.05) is 36.4 Å². The summed E-state index contributed by atoms with van der Waals surface area (Å²) in [6.07, 6.45) is 0. The fourth-order valence-electron chi connectivity index (χ4n) is 3.60. The summed E-state index contributed by atoms with van der Waals surface area (Å²) in [6.45, 7) is 11.8. The van der Waals surface area contributed by atoms with E-state index < -0.39 is 0 Å². The number of fused-ring (bicyclic) bond motifs is 1. The number of aryl methyl sites for hydroxylation is 1. The molecule has 0 atom stereocenters. The molecule has 0 unspecified atom stereocenters. The molecule has 130 valence electrons. The zero-order valence-corrected chi connectivity index (χ0v) is 15.8. The largest absolute Gasteiger partial charge is 0.385 e. The van der Waals surface area contributed by atoms with Crippen LogP contribution in [-0.4, -0.2) is 19.6 Å². The highest BCUT2D eigenvalue weighted by molar-refractivity contribution is 6.00. The van der Waals surface area contributed by atoms with Gasteiger partial charge in [-0.1, -0.05) is 36.4 Å². The van der Waals surface area contributed by atoms with Crippen LogP contribution in [0, 0.1) is 6.92 Å². The molecule has 0 bridgehead atoms. The Bertz CT molecular complexity index is 846. The molecule has 2 heteroatoms. The van der Waals surface area contributed by atoms with Gasteiger partial charge in [-0.15, -0.1) is 0 Å². The third-order valence-corrected chi connectivity index (χ3v) is 4.99. The first kappa shape index (κ1) is 17.3. The van der Waals surface area contributed by atoms with Crippen molar-refractivity contribution in [1.29, 1.82) is 0 Å². The van der Waals surface area contributed by atoms with Gasteiger partial charge in [-0.2, -0.15) is 0 Å². The smallest absolute Gasteiger partial charge is 0.0426 e. The molecule has 0 saturated carbocycles. The van der Waals surface area contributed by atoms with Gasteiger partial charge in [-0.25, -0.2) is 0 Å². The van der Waals surface area contributed by atoms with E-state index >= 15 is 0 Å². The third-order valence-electron chi connectivity index (χ3n) is 4.99. The summed E-state index contributed by atoms with van der Waals surface area (Å²) in [5.74, 6) is 0. The van der Waals surface area contributed by atoms with Crippen molar-refractivity contribution < 1.29 is 0 Å². The molecule has 0 fully saturated rings. The van der Waals surface area contributed by atoms with E-state index in [1.807, 2.05) is 0 Å². The molecule has 2 nitrogen and oxygen atoms in total. The fourth-order valence-corrected chi connectivity index (χ4v) is 3.60. The highest BCUT2D eigenvalue weighted by Crippen LogP contribution is 2.35. The van der Waals surface area contributed by atoms with Crippen LogP contribution >= 0.6 is 0 Å². The lowest BCUT2D eigenvalue weighted by Gasteiger charge is -2.21. The van der Waals surface area contributed by atoms with Crippen LogP contribution < -0.4 is 10.2 Å². The minimum Gasteiger partial charge on any atom is -0.385 e. The lowest BCUT2D eigenvalue weighted by molar-refractivity contribution is 0.866. The third kappa shape index (κ3) is 3.34. The first-order valence-corrected chi connectivity index (χ1v) is 9.31. The zero-order valence-electron chi connectivity index (χ0n) is 15.8. The molecule has 0 amide bonds. The van der Waals surface area contributed by atoms with Gasteiger partial charge in [0.2, 0.25) is 0 Å². The molecule has 1 N–H and O–H groups in total. The number of nitrogens with one attached hydrogen (secondary N) is 1. The molecule has 0 aliphatic rings. The van der Waals surface area contributed by atoms with Crippen molar-refractivity contribution >= 4 is 22.1 Å². The maximum absolute atomic E-state index is 3.53. The Morgan fingerprint density at radius 1 is 0.840 bits per heavy atom. The minimum absolute atomic E-state index is 0.924. The summed E-state index contributed by atoms with van der Waals surface area (Å²) < 4.78 is 0. The van der Waals surface area contributed by atoms with E-state index in [-0.39, 0.29) is 0 Å². The number of hydrogen-bond acceptors (Lipinski definition) is 2. The number of hydrogen-bond donors (Lipinski definition) is 1. The number of benzene rings is 3. The van der Waals surface area contributed by atoms with Crippen LogP contribution in [-0.2, 0) is 0 Å². The lowest BCUT2D eigenvalue weighted by Crippen LogP contribution is -2.21. The molecule has 3 aromatic rings. The van der Waals surface area contributed by atoms with Crippen molar-refractivity contribution in [2.45, 2.75) is 27.7 Å². The van der Waals surface area contributed by atoms with Gasteiger partial charge in [0.1, 0.15) is 0 Å². The molecule has 0 spiro atoms. The minimum atomic E-state index is 0.924. The van der Waals surface area contributed by atoms with Crippen LogP contribution in [0.25, 0.3) is 21.9 Å². The molecule has 0 heterocycles. The van der Waals surface area contributed by atoms with Crippen molar-refractivity contribution in [2.24, 2.45) is 0 Å². The predicted octanol–water partition coefficient (Wildman–Crippen LogP) is 6.09. The Morgan fingerprint density at radius 2 is 1.48 bits per heavy atom. The van der Waals surface area contributed by atoms with E-state index in [1.54, 1.807) is 0 Å². The Labute approximate surface area is 151 Å². The summed E-state index contributed by atoms with van der Waals surface area (Å²) in [5, 5.41) is 6.15. The fraction of sp³-hybridized carbons (Fsp3) is 0.304. The Kier molecular flexibility index (Phi) is 5.28. The predicted molar refractivity (Wildman–Crippen MR) is 112 cm³/mol. The average molecular weight is 332 g/mol. The molecule has 0 aliphatic carbocycles. The van der Waals surface area contributed by atoms with E-state index in [4.69, 9.17) is 0 Å². The van der Waals surface area contributed by atoms with E-state index in [0.717, 1.165) is 19.6 Å². The summed E-state index contributed by atoms with van der Waals surface area (Å²) in [4.78, 5) is 2.38. The molecular weight excluding hydrogens is 304 g/mol. The SMILES string of the molecule is CCNc1cc(-c2ccc(N(CC)CC)cc2)c(C)c2ccccc12. The van der Waals surface area contributed by atoms with Gasteiger partial charge in [-0.05, 0) is 68.0 Å². The average Bonchev–Trinajstić information content (AvgIpc) is 2.66. The van der Waals surface area contributed by atoms with Gasteiger partial charge in [0.05, 0.1) is 0 Å². The molecule has 0 aromatic heterocycles. The van der Waals surface area contributed by atoms with E-state index in [1.165, 1.54) is 38.8 Å². The summed E-state index contributed by atoms with van der Waals surface area (Å²) in [6, 6.07) is 19.9. The summed E-state index contributed by atoms with van der Waals surface area (Å²) in [5.41, 5.74) is 6.43. The normalized spacial score (nSPS) is 10.9. The van der Waals surface area contributed by atoms with Crippen molar-refractivity contribution in [3.8, 4) is 11.1 Å². The van der Waals surface area contributed by atoms with Crippen molar-refractivity contribution in [2.75, 3.05) is 29.9 Å². The van der Waals surface area contributed by atoms with Gasteiger partial charge in [0.15, 0.2) is 0 Å². The van der Waals surface area contributed by atoms with Crippen LogP contribution in [0.2, 0.25) is 0 Å². The molecule has 0 aliphatic heterocycles. The second-order valence-corrected chi connectivity index (χ2v) is 6.39. The second-order valence-electron chi connectivity index (χ2n) is 6.39. The van der Waals surface area contributed by atoms with Crippen LogP contribution in [0.3, 0.4) is 0 Å². The topological polar surface area (TPSA) is 15.3 Å². The Balaban J connectivity index is 2.10. The van der Waals surface area contributed by atoms with Crippen molar-refractivity contribution in [3.05, 3.63) is 60.2 Å². The summed E-state index contributed by atoms with van der Waals surface area (Å²) >= 11 is 0. The lowest BCUT2D eigenvalue weighted by atomic mass is 9.93. The van der Waals surface area contributed by atoms with Crippen LogP contribution in [0.4, 0.5) is 11.4 Å². The Morgan fingerprint density at radius 3 is 2.08 bits per heavy atom. The summed E-state index contributed by atoms with van der Waals surface area (Å²) in [7, 11) is 0. The van der Waals surface area contributed by atoms with Gasteiger partial charge in [0.25, 0.3) is 0 Å². The maximum atomic E-state index is 3.53. The number of rotatable bonds is 6. The highest BCUT2D eigenvalue weighted by Gasteiger charge is 2.11. The van der Waals surface area contributed by atoms with Gasteiger partial charge in [-0.3, -0.25) is 0 Å². The van der Waals surface area contributed by atoms with E-state index in [0.29, 0.717) is 0 Å². The number of nitrogens with zero attached hydrogens (tertiary/aromatic N) is 1. The monoisotopic (exact) mass is 332 g/mol. The molecule has 0 radical (unpaired) electrons. The quantitative estimate of drug-likeness (QED) is 0.587. The molecule has 0 saturated heterocycles. The van der Waals surface area contributed by atoms with E-state index in [9.17, 15) is 0 Å². The number of anilines is 2. The molecule has 3 aromatic carbocycles. The maximum Gasteiger partial charge on any atom is 0.0426 e. The Hall–Kier alpha value is -2.48. The van der Waals surface area contributed by atoms with E-state index in [2.05, 4.69) is 92.5 Å². The molecule has 25 heavy (non-hydrogen) atoms. The zero-order chi connectivity index (χ0) is 17.8. The van der Waals surface area contributed by atoms with Crippen LogP contribution in [0.1, 0.15) is 26.3 Å². The van der Waals surface area contributed by atoms with Gasteiger partial charge >= 0.3 is 0 Å². The van der Waals surface area contributed by atoms with Crippen LogP contribution in [0.15, 0.2) is 54.6 Å². The van der Waals surface area contributed by atoms with Crippen LogP contribution in [0.5, 0.6) is 0 Å².